The smallest absolute Gasteiger partial charge is 0.121 e. The van der Waals surface area contributed by atoms with E-state index in [9.17, 15) is 5.26 Å². The molecule has 0 aliphatic heterocycles. The van der Waals surface area contributed by atoms with Crippen molar-refractivity contribution in [3.05, 3.63) is 71.5 Å². The van der Waals surface area contributed by atoms with Gasteiger partial charge in [-0.1, -0.05) is 36.4 Å². The first kappa shape index (κ1) is 17.5. The largest absolute Gasteiger partial charge is 0.396 e. The van der Waals surface area contributed by atoms with Gasteiger partial charge in [-0.3, -0.25) is 4.98 Å². The molecule has 3 aromatic rings. The number of aliphatic hydroxyl groups excluding tert-OH is 1. The lowest BCUT2D eigenvalue weighted by Gasteiger charge is -2.03. The van der Waals surface area contributed by atoms with E-state index >= 15 is 0 Å². The Balaban J connectivity index is 1.82. The number of aliphatic hydroxyl groups is 1. The van der Waals surface area contributed by atoms with E-state index < -0.39 is 0 Å². The fraction of sp³-hybridized carbons (Fsp3) is 0.143. The summed E-state index contributed by atoms with van der Waals surface area (Å²) in [5.74, 6) is 0.675. The molecule has 3 N–H and O–H groups in total. The number of nitrogens with zero attached hydrogens (tertiary/aromatic N) is 2. The van der Waals surface area contributed by atoms with Crippen molar-refractivity contribution in [2.45, 2.75) is 6.42 Å². The zero-order chi connectivity index (χ0) is 18.2. The van der Waals surface area contributed by atoms with Crippen LogP contribution in [0.5, 0.6) is 0 Å². The van der Waals surface area contributed by atoms with Gasteiger partial charge in [-0.2, -0.15) is 5.26 Å². The van der Waals surface area contributed by atoms with Gasteiger partial charge < -0.3 is 15.4 Å². The second kappa shape index (κ2) is 8.65. The van der Waals surface area contributed by atoms with Gasteiger partial charge in [0.2, 0.25) is 0 Å². The summed E-state index contributed by atoms with van der Waals surface area (Å²) < 4.78 is 0. The summed E-state index contributed by atoms with van der Waals surface area (Å²) in [6.07, 6.45) is 6.37. The quantitative estimate of drug-likeness (QED) is 0.567. The summed E-state index contributed by atoms with van der Waals surface area (Å²) in [5, 5.41) is 21.4. The highest BCUT2D eigenvalue weighted by molar-refractivity contribution is 5.73. The number of rotatable bonds is 7. The van der Waals surface area contributed by atoms with Crippen molar-refractivity contribution in [1.29, 1.82) is 5.26 Å². The second-order valence-corrected chi connectivity index (χ2v) is 5.80. The van der Waals surface area contributed by atoms with Crippen molar-refractivity contribution in [3.63, 3.8) is 0 Å². The molecule has 0 aliphatic rings. The predicted octanol–water partition coefficient (Wildman–Crippen LogP) is 3.91. The summed E-state index contributed by atoms with van der Waals surface area (Å²) in [7, 11) is 0. The average Bonchev–Trinajstić information content (AvgIpc) is 3.11. The van der Waals surface area contributed by atoms with Crippen LogP contribution in [0.15, 0.2) is 54.7 Å². The zero-order valence-electron chi connectivity index (χ0n) is 14.3. The first-order valence-electron chi connectivity index (χ1n) is 8.47. The molecule has 0 saturated carbocycles. The van der Waals surface area contributed by atoms with Crippen LogP contribution in [0.2, 0.25) is 0 Å². The molecule has 0 amide bonds. The summed E-state index contributed by atoms with van der Waals surface area (Å²) in [4.78, 5) is 7.62. The van der Waals surface area contributed by atoms with Crippen molar-refractivity contribution in [1.82, 2.24) is 9.97 Å². The molecular formula is C21H20N4O. The fourth-order valence-electron chi connectivity index (χ4n) is 2.58. The molecule has 26 heavy (non-hydrogen) atoms. The van der Waals surface area contributed by atoms with Crippen LogP contribution in [0.1, 0.15) is 23.2 Å². The molecule has 3 rings (SSSR count). The van der Waals surface area contributed by atoms with Crippen molar-refractivity contribution >= 4 is 18.0 Å². The first-order valence-corrected chi connectivity index (χ1v) is 8.47. The van der Waals surface area contributed by atoms with Crippen LogP contribution in [-0.4, -0.2) is 28.2 Å². The number of hydrogen-bond acceptors (Lipinski definition) is 4. The SMILES string of the molecule is N#Cc1cc(-c2ccnc(C=Cc3ccccc3)c2)[nH]c1NCCCO. The molecule has 0 radical (unpaired) electrons. The summed E-state index contributed by atoms with van der Waals surface area (Å²) in [6.45, 7) is 0.719. The third-order valence-electron chi connectivity index (χ3n) is 3.91. The summed E-state index contributed by atoms with van der Waals surface area (Å²) in [6, 6.07) is 17.9. The van der Waals surface area contributed by atoms with Crippen molar-refractivity contribution in [2.24, 2.45) is 0 Å². The molecule has 130 valence electrons. The number of nitrogens with one attached hydrogen (secondary N) is 2. The minimum Gasteiger partial charge on any atom is -0.396 e. The van der Waals surface area contributed by atoms with Crippen molar-refractivity contribution < 1.29 is 5.11 Å². The Hall–Kier alpha value is -3.36. The lowest BCUT2D eigenvalue weighted by molar-refractivity contribution is 0.292. The van der Waals surface area contributed by atoms with Gasteiger partial charge in [-0.15, -0.1) is 0 Å². The monoisotopic (exact) mass is 344 g/mol. The van der Waals surface area contributed by atoms with E-state index in [4.69, 9.17) is 5.11 Å². The van der Waals surface area contributed by atoms with Crippen molar-refractivity contribution in [3.8, 4) is 17.3 Å². The van der Waals surface area contributed by atoms with Gasteiger partial charge in [0.1, 0.15) is 11.9 Å². The van der Waals surface area contributed by atoms with E-state index in [1.807, 2.05) is 60.7 Å². The second-order valence-electron chi connectivity index (χ2n) is 5.80. The lowest BCUT2D eigenvalue weighted by atomic mass is 10.1. The number of aromatic amines is 1. The Bertz CT molecular complexity index is 923. The predicted molar refractivity (Wildman–Crippen MR) is 104 cm³/mol. The Morgan fingerprint density at radius 1 is 1.15 bits per heavy atom. The minimum atomic E-state index is 0.115. The van der Waals surface area contributed by atoms with E-state index in [2.05, 4.69) is 21.4 Å². The maximum Gasteiger partial charge on any atom is 0.121 e. The van der Waals surface area contributed by atoms with Gasteiger partial charge >= 0.3 is 0 Å². The average molecular weight is 344 g/mol. The number of H-pyrrole nitrogens is 1. The number of hydrogen-bond donors (Lipinski definition) is 3. The molecule has 5 nitrogen and oxygen atoms in total. The Labute approximate surface area is 152 Å². The first-order chi connectivity index (χ1) is 12.8. The van der Waals surface area contributed by atoms with Crippen LogP contribution in [0.3, 0.4) is 0 Å². The normalized spacial score (nSPS) is 10.8. The minimum absolute atomic E-state index is 0.115. The van der Waals surface area contributed by atoms with E-state index in [1.54, 1.807) is 6.20 Å². The van der Waals surface area contributed by atoms with Gasteiger partial charge in [0.15, 0.2) is 0 Å². The number of aromatic nitrogens is 2. The summed E-state index contributed by atoms with van der Waals surface area (Å²) >= 11 is 0. The van der Waals surface area contributed by atoms with Crippen LogP contribution in [0.25, 0.3) is 23.4 Å². The molecule has 2 aromatic heterocycles. The third kappa shape index (κ3) is 4.38. The van der Waals surface area contributed by atoms with Crippen LogP contribution in [0, 0.1) is 11.3 Å². The molecule has 1 aromatic carbocycles. The number of nitriles is 1. The Morgan fingerprint density at radius 3 is 2.77 bits per heavy atom. The lowest BCUT2D eigenvalue weighted by Crippen LogP contribution is -2.04. The third-order valence-corrected chi connectivity index (χ3v) is 3.91. The maximum atomic E-state index is 9.32. The van der Waals surface area contributed by atoms with Gasteiger partial charge in [0.05, 0.1) is 11.3 Å². The molecule has 0 bridgehead atoms. The molecule has 0 saturated heterocycles. The number of benzene rings is 1. The number of anilines is 1. The molecule has 0 fully saturated rings. The van der Waals surface area contributed by atoms with Gasteiger partial charge in [0, 0.05) is 30.6 Å². The van der Waals surface area contributed by atoms with Gasteiger partial charge in [-0.25, -0.2) is 0 Å². The molecule has 0 unspecified atom stereocenters. The van der Waals surface area contributed by atoms with Crippen molar-refractivity contribution in [2.75, 3.05) is 18.5 Å². The molecule has 0 spiro atoms. The highest BCUT2D eigenvalue weighted by atomic mass is 16.3. The zero-order valence-corrected chi connectivity index (χ0v) is 14.3. The van der Waals surface area contributed by atoms with E-state index in [0.717, 1.165) is 22.5 Å². The maximum absolute atomic E-state index is 9.32. The van der Waals surface area contributed by atoms with E-state index in [-0.39, 0.29) is 6.61 Å². The van der Waals surface area contributed by atoms with Gasteiger partial charge in [0.25, 0.3) is 0 Å². The highest BCUT2D eigenvalue weighted by Gasteiger charge is 2.09. The van der Waals surface area contributed by atoms with E-state index in [1.165, 1.54) is 0 Å². The van der Waals surface area contributed by atoms with Gasteiger partial charge in [-0.05, 0) is 36.3 Å². The van der Waals surface area contributed by atoms with Crippen LogP contribution < -0.4 is 5.32 Å². The molecular weight excluding hydrogens is 324 g/mol. The number of pyridine rings is 1. The van der Waals surface area contributed by atoms with E-state index in [0.29, 0.717) is 24.3 Å². The Morgan fingerprint density at radius 2 is 2.00 bits per heavy atom. The van der Waals surface area contributed by atoms with Crippen LogP contribution in [0.4, 0.5) is 5.82 Å². The summed E-state index contributed by atoms with van der Waals surface area (Å²) in [5.41, 5.74) is 4.32. The Kier molecular flexibility index (Phi) is 5.81. The van der Waals surface area contributed by atoms with Crippen LogP contribution >= 0.6 is 0 Å². The molecule has 5 heteroatoms. The molecule has 0 atom stereocenters. The topological polar surface area (TPSA) is 84.7 Å². The fourth-order valence-corrected chi connectivity index (χ4v) is 2.58. The highest BCUT2D eigenvalue weighted by Crippen LogP contribution is 2.25. The molecule has 0 aliphatic carbocycles. The van der Waals surface area contributed by atoms with Crippen LogP contribution in [-0.2, 0) is 0 Å². The molecule has 2 heterocycles. The standard InChI is InChI=1S/C21H20N4O/c22-15-18-14-20(25-21(18)24-10-4-12-26)17-9-11-23-19(13-17)8-7-16-5-2-1-3-6-16/h1-3,5-9,11,13-14,24-26H,4,10,12H2.